The van der Waals surface area contributed by atoms with E-state index >= 15 is 0 Å². The van der Waals surface area contributed by atoms with Crippen molar-refractivity contribution in [3.05, 3.63) is 58.4 Å². The predicted molar refractivity (Wildman–Crippen MR) is 101 cm³/mol. The van der Waals surface area contributed by atoms with Crippen molar-refractivity contribution in [2.24, 2.45) is 0 Å². The van der Waals surface area contributed by atoms with Crippen LogP contribution in [0.2, 0.25) is 6.32 Å². The second-order valence-corrected chi connectivity index (χ2v) is 6.08. The lowest BCUT2D eigenvalue weighted by molar-refractivity contribution is 0.0939. The van der Waals surface area contributed by atoms with E-state index in [0.717, 1.165) is 17.5 Å². The van der Waals surface area contributed by atoms with E-state index in [1.807, 2.05) is 33.8 Å². The van der Waals surface area contributed by atoms with Crippen LogP contribution in [0.15, 0.2) is 35.9 Å². The fourth-order valence-electron chi connectivity index (χ4n) is 2.43. The van der Waals surface area contributed by atoms with Gasteiger partial charge in [-0.05, 0) is 57.4 Å². The minimum atomic E-state index is -0.364. The Bertz CT molecular complexity index is 680. The summed E-state index contributed by atoms with van der Waals surface area (Å²) in [5.74, 6) is -0.613. The van der Waals surface area contributed by atoms with Crippen molar-refractivity contribution >= 4 is 19.5 Å². The van der Waals surface area contributed by atoms with E-state index in [2.05, 4.69) is 5.32 Å². The van der Waals surface area contributed by atoms with E-state index < -0.39 is 0 Å². The molecule has 0 aliphatic carbocycles. The molecule has 1 unspecified atom stereocenters. The van der Waals surface area contributed by atoms with Gasteiger partial charge in [-0.3, -0.25) is 4.79 Å². The molecule has 0 heterocycles. The summed E-state index contributed by atoms with van der Waals surface area (Å²) in [6.07, 6.45) is 7.06. The minimum absolute atomic E-state index is 0.0387. The maximum Gasteiger partial charge on any atom is 0.251 e. The third-order valence-corrected chi connectivity index (χ3v) is 3.98. The van der Waals surface area contributed by atoms with E-state index in [0.29, 0.717) is 23.3 Å². The first-order valence-corrected chi connectivity index (χ1v) is 8.24. The lowest BCUT2D eigenvalue weighted by atomic mass is 9.91. The Morgan fingerprint density at radius 2 is 2.00 bits per heavy atom. The van der Waals surface area contributed by atoms with Crippen LogP contribution >= 0.6 is 0 Å². The number of nitrogens with one attached hydrogen (secondary N) is 2. The van der Waals surface area contributed by atoms with Crippen LogP contribution in [0.3, 0.4) is 0 Å². The van der Waals surface area contributed by atoms with E-state index in [4.69, 9.17) is 5.41 Å². The molecule has 0 saturated heterocycles. The van der Waals surface area contributed by atoms with E-state index in [-0.39, 0.29) is 17.8 Å². The molecular formula is C19H26BFN2O. The lowest BCUT2D eigenvalue weighted by Gasteiger charge is -2.19. The van der Waals surface area contributed by atoms with Crippen molar-refractivity contribution in [2.75, 3.05) is 0 Å². The van der Waals surface area contributed by atoms with Crippen molar-refractivity contribution in [3.63, 3.8) is 0 Å². The average molecular weight is 328 g/mol. The molecule has 0 saturated carbocycles. The third kappa shape index (κ3) is 5.80. The molecule has 3 nitrogen and oxygen atoms in total. The van der Waals surface area contributed by atoms with Crippen LogP contribution in [0.4, 0.5) is 4.39 Å². The van der Waals surface area contributed by atoms with Crippen molar-refractivity contribution in [3.8, 4) is 0 Å². The van der Waals surface area contributed by atoms with Crippen LogP contribution in [0.1, 0.15) is 41.8 Å². The summed E-state index contributed by atoms with van der Waals surface area (Å²) < 4.78 is 13.8. The molecule has 0 radical (unpaired) electrons. The molecule has 1 rings (SSSR count). The predicted octanol–water partition coefficient (Wildman–Crippen LogP) is 3.52. The largest absolute Gasteiger partial charge is 0.350 e. The van der Waals surface area contributed by atoms with Crippen molar-refractivity contribution in [1.29, 1.82) is 5.41 Å². The number of halogens is 1. The summed E-state index contributed by atoms with van der Waals surface area (Å²) in [5.41, 5.74) is 3.23. The van der Waals surface area contributed by atoms with Gasteiger partial charge < -0.3 is 10.7 Å². The highest BCUT2D eigenvalue weighted by Crippen LogP contribution is 2.16. The Morgan fingerprint density at radius 1 is 1.33 bits per heavy atom. The highest BCUT2D eigenvalue weighted by atomic mass is 19.1. The monoisotopic (exact) mass is 328 g/mol. The molecule has 0 aromatic heterocycles. The van der Waals surface area contributed by atoms with Crippen LogP contribution in [-0.4, -0.2) is 25.5 Å². The molecule has 1 aromatic carbocycles. The number of allylic oxidation sites excluding steroid dienone is 3. The third-order valence-electron chi connectivity index (χ3n) is 3.98. The fraction of sp³-hybridized carbons (Fsp3) is 0.368. The normalized spacial score (nSPS) is 13.1. The van der Waals surface area contributed by atoms with Crippen molar-refractivity contribution < 1.29 is 9.18 Å². The Balaban J connectivity index is 2.86. The van der Waals surface area contributed by atoms with Gasteiger partial charge in [0.15, 0.2) is 0 Å². The van der Waals surface area contributed by atoms with Gasteiger partial charge in [0.25, 0.3) is 5.91 Å². The van der Waals surface area contributed by atoms with Crippen LogP contribution < -0.4 is 5.32 Å². The molecule has 0 spiro atoms. The first-order valence-electron chi connectivity index (χ1n) is 8.24. The zero-order valence-corrected chi connectivity index (χ0v) is 15.2. The molecule has 2 N–H and O–H groups in total. The quantitative estimate of drug-likeness (QED) is 0.449. The topological polar surface area (TPSA) is 53.0 Å². The summed E-state index contributed by atoms with van der Waals surface area (Å²) >= 11 is 0. The highest BCUT2D eigenvalue weighted by Gasteiger charge is 2.16. The smallest absolute Gasteiger partial charge is 0.251 e. The number of amides is 1. The SMILES string of the molecule is BCC(CC(/C=C\C(C)=N)=C/C)NC(=O)c1cc(F)c(C)cc1C. The molecule has 5 heteroatoms. The van der Waals surface area contributed by atoms with Crippen LogP contribution in [0, 0.1) is 25.1 Å². The molecule has 1 aromatic rings. The summed E-state index contributed by atoms with van der Waals surface area (Å²) in [4.78, 5) is 12.5. The standard InChI is InChI=1S/C19H26BFN2O/c1-5-15(7-6-14(4)22)9-16(11-20)23-19(24)17-10-18(21)13(3)8-12(17)2/h5-8,10,16,22H,9,11,20H2,1-4H3,(H,23,24)/b7-6-,15-5+,22-14?. The number of carbonyl (C=O) groups is 1. The Labute approximate surface area is 145 Å². The van der Waals surface area contributed by atoms with Gasteiger partial charge in [0.1, 0.15) is 13.7 Å². The number of aryl methyl sites for hydroxylation is 2. The van der Waals surface area contributed by atoms with Gasteiger partial charge in [-0.15, -0.1) is 0 Å². The second kappa shape index (κ2) is 9.21. The zero-order chi connectivity index (χ0) is 18.3. The van der Waals surface area contributed by atoms with Crippen LogP contribution in [0.5, 0.6) is 0 Å². The molecule has 0 aliphatic rings. The van der Waals surface area contributed by atoms with Crippen molar-refractivity contribution in [1.82, 2.24) is 5.32 Å². The average Bonchev–Trinajstić information content (AvgIpc) is 2.53. The van der Waals surface area contributed by atoms with E-state index in [1.54, 1.807) is 26.0 Å². The summed E-state index contributed by atoms with van der Waals surface area (Å²) in [6, 6.07) is 2.96. The van der Waals surface area contributed by atoms with Gasteiger partial charge >= 0.3 is 0 Å². The van der Waals surface area contributed by atoms with Gasteiger partial charge in [-0.25, -0.2) is 4.39 Å². The first kappa shape index (κ1) is 19.9. The number of hydrogen-bond acceptors (Lipinski definition) is 2. The van der Waals surface area contributed by atoms with E-state index in [9.17, 15) is 9.18 Å². The van der Waals surface area contributed by atoms with Gasteiger partial charge in [0.2, 0.25) is 0 Å². The molecule has 1 atom stereocenters. The number of hydrogen-bond donors (Lipinski definition) is 2. The Kier molecular flexibility index (Phi) is 7.63. The maximum absolute atomic E-state index is 13.8. The van der Waals surface area contributed by atoms with Gasteiger partial charge in [-0.1, -0.05) is 30.1 Å². The molecule has 0 bridgehead atoms. The summed E-state index contributed by atoms with van der Waals surface area (Å²) in [7, 11) is 2.01. The van der Waals surface area contributed by atoms with Crippen LogP contribution in [0.25, 0.3) is 0 Å². The number of carbonyl (C=O) groups excluding carboxylic acids is 1. The summed E-state index contributed by atoms with van der Waals surface area (Å²) in [6.45, 7) is 7.16. The lowest BCUT2D eigenvalue weighted by Crippen LogP contribution is -2.35. The summed E-state index contributed by atoms with van der Waals surface area (Å²) in [5, 5.41) is 10.4. The fourth-order valence-corrected chi connectivity index (χ4v) is 2.43. The minimum Gasteiger partial charge on any atom is -0.350 e. The molecule has 128 valence electrons. The number of benzene rings is 1. The Hall–Kier alpha value is -2.17. The van der Waals surface area contributed by atoms with E-state index in [1.165, 1.54) is 6.07 Å². The van der Waals surface area contributed by atoms with Crippen LogP contribution in [-0.2, 0) is 0 Å². The van der Waals surface area contributed by atoms with Crippen molar-refractivity contribution in [2.45, 2.75) is 46.5 Å². The molecular weight excluding hydrogens is 302 g/mol. The zero-order valence-electron chi connectivity index (χ0n) is 15.2. The van der Waals surface area contributed by atoms with Gasteiger partial charge in [-0.2, -0.15) is 0 Å². The molecule has 0 fully saturated rings. The molecule has 0 aliphatic heterocycles. The Morgan fingerprint density at radius 3 is 2.54 bits per heavy atom. The number of rotatable bonds is 7. The maximum atomic E-state index is 13.8. The highest BCUT2D eigenvalue weighted by molar-refractivity contribution is 6.09. The molecule has 1 amide bonds. The van der Waals surface area contributed by atoms with Gasteiger partial charge in [0.05, 0.1) is 0 Å². The van der Waals surface area contributed by atoms with Gasteiger partial charge in [0, 0.05) is 17.3 Å². The second-order valence-electron chi connectivity index (χ2n) is 6.08. The first-order chi connectivity index (χ1) is 11.3. The molecule has 24 heavy (non-hydrogen) atoms.